The Morgan fingerprint density at radius 3 is 2.55 bits per heavy atom. The molecule has 2 rings (SSSR count). The highest BCUT2D eigenvalue weighted by atomic mass is 19.2. The fourth-order valence-corrected chi connectivity index (χ4v) is 2.70. The van der Waals surface area contributed by atoms with Crippen molar-refractivity contribution in [3.63, 3.8) is 0 Å². The van der Waals surface area contributed by atoms with Crippen molar-refractivity contribution in [1.29, 1.82) is 0 Å². The first-order valence-electron chi connectivity index (χ1n) is 10.2. The Morgan fingerprint density at radius 2 is 1.97 bits per heavy atom. The van der Waals surface area contributed by atoms with Gasteiger partial charge in [-0.1, -0.05) is 39.1 Å². The standard InChI is InChI=1S/C25H30F2N4O2/c1-16(31-15-24(3,4)17(2)32)23-22(33)9-18(12-30-23)19(11-28)13-29-21-8-6-7-20(10-21)25(5,27)14-26/h6-13,31-33H,1-2,14-15,28H2,3-5H3/b19-11+,29-13?. The van der Waals surface area contributed by atoms with Crippen LogP contribution in [0.1, 0.15) is 37.6 Å². The minimum absolute atomic E-state index is 0.0266. The molecule has 0 bridgehead atoms. The van der Waals surface area contributed by atoms with Gasteiger partial charge in [-0.15, -0.1) is 0 Å². The molecule has 1 heterocycles. The van der Waals surface area contributed by atoms with Gasteiger partial charge in [-0.25, -0.2) is 8.78 Å². The molecule has 1 atom stereocenters. The molecule has 6 nitrogen and oxygen atoms in total. The van der Waals surface area contributed by atoms with Crippen LogP contribution in [0, 0.1) is 5.41 Å². The molecule has 0 fully saturated rings. The summed E-state index contributed by atoms with van der Waals surface area (Å²) >= 11 is 0. The summed E-state index contributed by atoms with van der Waals surface area (Å²) in [5.74, 6) is -0.102. The van der Waals surface area contributed by atoms with E-state index >= 15 is 0 Å². The van der Waals surface area contributed by atoms with Gasteiger partial charge in [0.2, 0.25) is 0 Å². The highest BCUT2D eigenvalue weighted by molar-refractivity contribution is 6.10. The number of halogens is 2. The minimum atomic E-state index is -2.10. The molecule has 1 unspecified atom stereocenters. The molecule has 1 aromatic carbocycles. The van der Waals surface area contributed by atoms with Gasteiger partial charge >= 0.3 is 0 Å². The molecule has 2 aromatic rings. The number of benzene rings is 1. The molecule has 0 saturated carbocycles. The number of aliphatic imine (C=N–C) groups is 1. The van der Waals surface area contributed by atoms with E-state index in [1.54, 1.807) is 12.1 Å². The quantitative estimate of drug-likeness (QED) is 0.287. The highest BCUT2D eigenvalue weighted by Crippen LogP contribution is 2.30. The van der Waals surface area contributed by atoms with Crippen LogP contribution in [-0.4, -0.2) is 34.6 Å². The van der Waals surface area contributed by atoms with E-state index in [-0.39, 0.29) is 22.8 Å². The lowest BCUT2D eigenvalue weighted by atomic mass is 9.91. The SMILES string of the molecule is C=C(NCC(C)(C)C(=C)O)c1ncc(/C(C=Nc2cccc(C(C)(F)CF)c2)=C/N)cc1O. The lowest BCUT2D eigenvalue weighted by molar-refractivity contribution is 0.142. The van der Waals surface area contributed by atoms with Crippen molar-refractivity contribution in [3.8, 4) is 5.75 Å². The minimum Gasteiger partial charge on any atom is -0.512 e. The van der Waals surface area contributed by atoms with Crippen molar-refractivity contribution in [1.82, 2.24) is 10.3 Å². The van der Waals surface area contributed by atoms with E-state index < -0.39 is 17.8 Å². The van der Waals surface area contributed by atoms with Crippen molar-refractivity contribution < 1.29 is 19.0 Å². The van der Waals surface area contributed by atoms with Gasteiger partial charge in [-0.3, -0.25) is 9.98 Å². The predicted octanol–water partition coefficient (Wildman–Crippen LogP) is 5.30. The van der Waals surface area contributed by atoms with E-state index in [1.165, 1.54) is 43.7 Å². The topological polar surface area (TPSA) is 104 Å². The van der Waals surface area contributed by atoms with Crippen molar-refractivity contribution in [3.05, 3.63) is 78.5 Å². The molecular weight excluding hydrogens is 426 g/mol. The number of aromatic hydroxyl groups is 1. The molecule has 0 aliphatic carbocycles. The summed E-state index contributed by atoms with van der Waals surface area (Å²) in [5, 5.41) is 23.1. The number of alkyl halides is 2. The molecule has 8 heteroatoms. The Morgan fingerprint density at radius 1 is 1.27 bits per heavy atom. The monoisotopic (exact) mass is 456 g/mol. The third-order valence-corrected chi connectivity index (χ3v) is 5.24. The van der Waals surface area contributed by atoms with Crippen LogP contribution in [0.4, 0.5) is 14.5 Å². The predicted molar refractivity (Wildman–Crippen MR) is 130 cm³/mol. The van der Waals surface area contributed by atoms with Gasteiger partial charge in [0.25, 0.3) is 0 Å². The van der Waals surface area contributed by atoms with Crippen molar-refractivity contribution in [2.24, 2.45) is 16.1 Å². The van der Waals surface area contributed by atoms with Crippen LogP contribution >= 0.6 is 0 Å². The van der Waals surface area contributed by atoms with Gasteiger partial charge in [0.1, 0.15) is 18.1 Å². The number of pyridine rings is 1. The van der Waals surface area contributed by atoms with Gasteiger partial charge in [-0.2, -0.15) is 0 Å². The number of hydrogen-bond donors (Lipinski definition) is 4. The van der Waals surface area contributed by atoms with Crippen molar-refractivity contribution >= 4 is 23.2 Å². The summed E-state index contributed by atoms with van der Waals surface area (Å²) in [5.41, 5.74) is 5.21. The van der Waals surface area contributed by atoms with E-state index in [2.05, 4.69) is 28.5 Å². The number of nitrogens with zero attached hydrogens (tertiary/aromatic N) is 2. The first-order valence-corrected chi connectivity index (χ1v) is 10.2. The van der Waals surface area contributed by atoms with E-state index in [1.807, 2.05) is 13.8 Å². The maximum atomic E-state index is 14.2. The molecule has 5 N–H and O–H groups in total. The number of aliphatic hydroxyl groups is 1. The van der Waals surface area contributed by atoms with Crippen LogP contribution in [-0.2, 0) is 5.67 Å². The summed E-state index contributed by atoms with van der Waals surface area (Å²) in [4.78, 5) is 8.55. The molecule has 0 spiro atoms. The van der Waals surface area contributed by atoms with Crippen LogP contribution in [0.15, 0.2) is 66.6 Å². The molecule has 0 saturated heterocycles. The Balaban J connectivity index is 2.20. The van der Waals surface area contributed by atoms with Gasteiger partial charge in [0, 0.05) is 41.7 Å². The number of nitrogens with one attached hydrogen (secondary N) is 1. The van der Waals surface area contributed by atoms with E-state index in [4.69, 9.17) is 5.73 Å². The van der Waals surface area contributed by atoms with Gasteiger partial charge in [-0.05, 0) is 30.7 Å². The first-order chi connectivity index (χ1) is 15.4. The Hall–Kier alpha value is -3.68. The van der Waals surface area contributed by atoms with Crippen LogP contribution < -0.4 is 11.1 Å². The number of nitrogens with two attached hydrogens (primary N) is 1. The van der Waals surface area contributed by atoms with Gasteiger partial charge in [0.05, 0.1) is 17.1 Å². The Bertz CT molecular complexity index is 1090. The zero-order valence-corrected chi connectivity index (χ0v) is 19.1. The first kappa shape index (κ1) is 25.6. The zero-order chi connectivity index (χ0) is 24.8. The van der Waals surface area contributed by atoms with Gasteiger partial charge in [0.15, 0.2) is 5.67 Å². The second-order valence-corrected chi connectivity index (χ2v) is 8.52. The normalized spacial score (nSPS) is 14.2. The molecule has 0 amide bonds. The largest absolute Gasteiger partial charge is 0.512 e. The fourth-order valence-electron chi connectivity index (χ4n) is 2.70. The number of rotatable bonds is 10. The molecule has 0 radical (unpaired) electrons. The zero-order valence-electron chi connectivity index (χ0n) is 19.1. The average Bonchev–Trinajstić information content (AvgIpc) is 2.78. The number of allylic oxidation sites excluding steroid dienone is 1. The van der Waals surface area contributed by atoms with Crippen molar-refractivity contribution in [2.75, 3.05) is 13.2 Å². The molecular formula is C25H30F2N4O2. The van der Waals surface area contributed by atoms with Crippen LogP contribution in [0.2, 0.25) is 0 Å². The van der Waals surface area contributed by atoms with Crippen LogP contribution in [0.5, 0.6) is 5.75 Å². The molecule has 0 aliphatic rings. The third-order valence-electron chi connectivity index (χ3n) is 5.24. The Labute approximate surface area is 192 Å². The second kappa shape index (κ2) is 10.3. The lowest BCUT2D eigenvalue weighted by Gasteiger charge is -2.24. The number of hydrogen-bond acceptors (Lipinski definition) is 6. The van der Waals surface area contributed by atoms with E-state index in [0.717, 1.165) is 0 Å². The van der Waals surface area contributed by atoms with E-state index in [9.17, 15) is 19.0 Å². The van der Waals surface area contributed by atoms with Gasteiger partial charge < -0.3 is 21.3 Å². The summed E-state index contributed by atoms with van der Waals surface area (Å²) in [6.45, 7) is 11.4. The number of aliphatic hydroxyl groups excluding tert-OH is 1. The fraction of sp³-hybridized carbons (Fsp3) is 0.280. The second-order valence-electron chi connectivity index (χ2n) is 8.52. The molecule has 1 aromatic heterocycles. The Kier molecular flexibility index (Phi) is 7.98. The lowest BCUT2D eigenvalue weighted by Crippen LogP contribution is -2.29. The average molecular weight is 457 g/mol. The smallest absolute Gasteiger partial charge is 0.161 e. The maximum absolute atomic E-state index is 14.2. The van der Waals surface area contributed by atoms with Crippen molar-refractivity contribution in [2.45, 2.75) is 26.4 Å². The van der Waals surface area contributed by atoms with Crippen LogP contribution in [0.25, 0.3) is 11.3 Å². The summed E-state index contributed by atoms with van der Waals surface area (Å²) in [7, 11) is 0. The summed E-state index contributed by atoms with van der Waals surface area (Å²) < 4.78 is 27.2. The summed E-state index contributed by atoms with van der Waals surface area (Å²) in [6.07, 6.45) is 4.25. The molecule has 176 valence electrons. The third kappa shape index (κ3) is 6.41. The maximum Gasteiger partial charge on any atom is 0.161 e. The summed E-state index contributed by atoms with van der Waals surface area (Å²) in [6, 6.07) is 7.67. The highest BCUT2D eigenvalue weighted by Gasteiger charge is 2.26. The molecule has 33 heavy (non-hydrogen) atoms. The number of aromatic nitrogens is 1. The molecule has 0 aliphatic heterocycles. The van der Waals surface area contributed by atoms with E-state index in [0.29, 0.717) is 29.1 Å². The van der Waals surface area contributed by atoms with Crippen LogP contribution in [0.3, 0.4) is 0 Å².